The van der Waals surface area contributed by atoms with Crippen LogP contribution in [0.2, 0.25) is 0 Å². The zero-order valence-corrected chi connectivity index (χ0v) is 12.7. The minimum absolute atomic E-state index is 0.207. The van der Waals surface area contributed by atoms with Crippen molar-refractivity contribution in [2.24, 2.45) is 14.1 Å². The van der Waals surface area contributed by atoms with E-state index in [1.54, 1.807) is 13.2 Å². The lowest BCUT2D eigenvalue weighted by atomic mass is 9.99. The first-order valence-corrected chi connectivity index (χ1v) is 7.09. The lowest BCUT2D eigenvalue weighted by Gasteiger charge is -2.35. The highest BCUT2D eigenvalue weighted by atomic mass is 16.2. The summed E-state index contributed by atoms with van der Waals surface area (Å²) < 4.78 is 2.62. The molecule has 2 atom stereocenters. The van der Waals surface area contributed by atoms with E-state index in [2.05, 4.69) is 24.2 Å². The molecule has 0 aromatic carbocycles. The fourth-order valence-corrected chi connectivity index (χ4v) is 2.73. The average Bonchev–Trinajstić information content (AvgIpc) is 2.42. The normalized spacial score (nSPS) is 24.0. The van der Waals surface area contributed by atoms with Gasteiger partial charge in [0.1, 0.15) is 0 Å². The molecule has 20 heavy (non-hydrogen) atoms. The fraction of sp³-hybridized carbons (Fsp3) is 0.714. The van der Waals surface area contributed by atoms with Gasteiger partial charge in [0, 0.05) is 44.5 Å². The molecule has 2 unspecified atom stereocenters. The van der Waals surface area contributed by atoms with Gasteiger partial charge in [-0.3, -0.25) is 9.36 Å². The van der Waals surface area contributed by atoms with Crippen LogP contribution >= 0.6 is 0 Å². The minimum atomic E-state index is -0.285. The molecule has 112 valence electrons. The lowest BCUT2D eigenvalue weighted by molar-refractivity contribution is 0.168. The zero-order chi connectivity index (χ0) is 14.9. The number of rotatable bonds is 3. The van der Waals surface area contributed by atoms with Gasteiger partial charge in [-0.2, -0.15) is 0 Å². The highest BCUT2D eigenvalue weighted by Gasteiger charge is 2.22. The van der Waals surface area contributed by atoms with Gasteiger partial charge in [-0.1, -0.05) is 0 Å². The maximum absolute atomic E-state index is 12.0. The molecule has 0 bridgehead atoms. The smallest absolute Gasteiger partial charge is 0.310 e. The van der Waals surface area contributed by atoms with E-state index in [-0.39, 0.29) is 11.2 Å². The van der Waals surface area contributed by atoms with Crippen molar-refractivity contribution >= 4 is 0 Å². The van der Waals surface area contributed by atoms with E-state index >= 15 is 0 Å². The molecule has 1 saturated heterocycles. The Morgan fingerprint density at radius 3 is 2.65 bits per heavy atom. The molecule has 1 N–H and O–H groups in total. The summed E-state index contributed by atoms with van der Waals surface area (Å²) >= 11 is 0. The molecular weight excluding hydrogens is 256 g/mol. The van der Waals surface area contributed by atoms with Gasteiger partial charge in [-0.15, -0.1) is 0 Å². The van der Waals surface area contributed by atoms with Crippen molar-refractivity contribution < 1.29 is 0 Å². The van der Waals surface area contributed by atoms with E-state index in [9.17, 15) is 9.59 Å². The minimum Gasteiger partial charge on any atom is -0.310 e. The number of hydrogen-bond acceptors (Lipinski definition) is 4. The fourth-order valence-electron chi connectivity index (χ4n) is 2.73. The first kappa shape index (κ1) is 15.0. The van der Waals surface area contributed by atoms with Gasteiger partial charge < -0.3 is 14.8 Å². The van der Waals surface area contributed by atoms with Crippen molar-refractivity contribution in [3.8, 4) is 0 Å². The summed E-state index contributed by atoms with van der Waals surface area (Å²) in [5.41, 5.74) is 0.148. The van der Waals surface area contributed by atoms with Gasteiger partial charge in [-0.25, -0.2) is 4.79 Å². The molecule has 0 saturated carbocycles. The summed E-state index contributed by atoms with van der Waals surface area (Å²) in [6.07, 6.45) is 3.81. The molecule has 1 aromatic rings. The largest absolute Gasteiger partial charge is 0.330 e. The molecule has 6 heteroatoms. The summed E-state index contributed by atoms with van der Waals surface area (Å²) in [5.74, 6) is 0. The van der Waals surface area contributed by atoms with Gasteiger partial charge in [-0.05, 0) is 33.4 Å². The molecule has 1 aliphatic rings. The Morgan fingerprint density at radius 1 is 1.30 bits per heavy atom. The predicted molar refractivity (Wildman–Crippen MR) is 78.9 cm³/mol. The van der Waals surface area contributed by atoms with Gasteiger partial charge in [0.2, 0.25) is 0 Å². The lowest BCUT2D eigenvalue weighted by Crippen LogP contribution is -2.46. The molecule has 0 radical (unpaired) electrons. The SMILES string of the molecule is CC1CC(NCc2cn(C)c(=O)n(C)c2=O)CCN1C. The molecule has 1 aliphatic heterocycles. The average molecular weight is 280 g/mol. The van der Waals surface area contributed by atoms with E-state index in [1.165, 1.54) is 11.6 Å². The van der Waals surface area contributed by atoms with Crippen molar-refractivity contribution in [3.63, 3.8) is 0 Å². The summed E-state index contributed by atoms with van der Waals surface area (Å²) in [4.78, 5) is 26.0. The van der Waals surface area contributed by atoms with Crippen molar-refractivity contribution in [2.75, 3.05) is 13.6 Å². The first-order chi connectivity index (χ1) is 9.40. The summed E-state index contributed by atoms with van der Waals surface area (Å²) in [5, 5.41) is 3.45. The number of nitrogens with zero attached hydrogens (tertiary/aromatic N) is 3. The van der Waals surface area contributed by atoms with E-state index in [0.29, 0.717) is 24.2 Å². The Labute approximate surface area is 119 Å². The van der Waals surface area contributed by atoms with Crippen molar-refractivity contribution in [1.82, 2.24) is 19.4 Å². The van der Waals surface area contributed by atoms with Crippen LogP contribution in [0.1, 0.15) is 25.3 Å². The van der Waals surface area contributed by atoms with Crippen LogP contribution in [0.4, 0.5) is 0 Å². The number of aryl methyl sites for hydroxylation is 1. The topological polar surface area (TPSA) is 59.3 Å². The predicted octanol–water partition coefficient (Wildman–Crippen LogP) is -0.344. The molecule has 2 heterocycles. The zero-order valence-electron chi connectivity index (χ0n) is 12.7. The Kier molecular flexibility index (Phi) is 4.45. The summed E-state index contributed by atoms with van der Waals surface area (Å²) in [6, 6.07) is 0.993. The van der Waals surface area contributed by atoms with Crippen LogP contribution in [0.3, 0.4) is 0 Å². The third-order valence-corrected chi connectivity index (χ3v) is 4.31. The quantitative estimate of drug-likeness (QED) is 0.823. The molecular formula is C14H24N4O2. The second-order valence-electron chi connectivity index (χ2n) is 5.84. The highest BCUT2D eigenvalue weighted by molar-refractivity contribution is 5.05. The Hall–Kier alpha value is -1.40. The van der Waals surface area contributed by atoms with E-state index in [1.807, 2.05) is 0 Å². The molecule has 2 rings (SSSR count). The van der Waals surface area contributed by atoms with Gasteiger partial charge >= 0.3 is 5.69 Å². The van der Waals surface area contributed by atoms with Gasteiger partial charge in [0.25, 0.3) is 5.56 Å². The van der Waals surface area contributed by atoms with E-state index in [4.69, 9.17) is 0 Å². The van der Waals surface area contributed by atoms with Crippen LogP contribution in [0.15, 0.2) is 15.8 Å². The first-order valence-electron chi connectivity index (χ1n) is 7.09. The van der Waals surface area contributed by atoms with Crippen LogP contribution in [0.25, 0.3) is 0 Å². The number of piperidine rings is 1. The number of hydrogen-bond donors (Lipinski definition) is 1. The van der Waals surface area contributed by atoms with E-state index in [0.717, 1.165) is 24.0 Å². The second kappa shape index (κ2) is 5.93. The third-order valence-electron chi connectivity index (χ3n) is 4.31. The molecule has 0 amide bonds. The monoisotopic (exact) mass is 280 g/mol. The van der Waals surface area contributed by atoms with Gasteiger partial charge in [0.15, 0.2) is 0 Å². The number of likely N-dealkylation sites (tertiary alicyclic amines) is 1. The Morgan fingerprint density at radius 2 is 2.00 bits per heavy atom. The van der Waals surface area contributed by atoms with Crippen LogP contribution < -0.4 is 16.6 Å². The molecule has 1 fully saturated rings. The Balaban J connectivity index is 2.05. The van der Waals surface area contributed by atoms with Crippen LogP contribution in [0.5, 0.6) is 0 Å². The standard InChI is InChI=1S/C14H24N4O2/c1-10-7-12(5-6-16(10)2)15-8-11-9-17(3)14(20)18(4)13(11)19/h9-10,12,15H,5-8H2,1-4H3. The highest BCUT2D eigenvalue weighted by Crippen LogP contribution is 2.15. The van der Waals surface area contributed by atoms with Crippen molar-refractivity contribution in [1.29, 1.82) is 0 Å². The van der Waals surface area contributed by atoms with Crippen molar-refractivity contribution in [2.45, 2.75) is 38.4 Å². The van der Waals surface area contributed by atoms with E-state index < -0.39 is 0 Å². The second-order valence-corrected chi connectivity index (χ2v) is 5.84. The third kappa shape index (κ3) is 3.02. The summed E-state index contributed by atoms with van der Waals surface area (Å²) in [7, 11) is 5.33. The molecule has 1 aromatic heterocycles. The van der Waals surface area contributed by atoms with Crippen LogP contribution in [-0.2, 0) is 20.6 Å². The number of nitrogens with one attached hydrogen (secondary N) is 1. The molecule has 6 nitrogen and oxygen atoms in total. The number of aromatic nitrogens is 2. The Bertz CT molecular complexity index is 590. The summed E-state index contributed by atoms with van der Waals surface area (Å²) in [6.45, 7) is 3.81. The van der Waals surface area contributed by atoms with Crippen LogP contribution in [0, 0.1) is 0 Å². The van der Waals surface area contributed by atoms with Crippen molar-refractivity contribution in [3.05, 3.63) is 32.6 Å². The molecule has 0 aliphatic carbocycles. The van der Waals surface area contributed by atoms with Gasteiger partial charge in [0.05, 0.1) is 0 Å². The maximum Gasteiger partial charge on any atom is 0.330 e. The van der Waals surface area contributed by atoms with Crippen LogP contribution in [-0.4, -0.2) is 39.7 Å². The maximum atomic E-state index is 12.0. The molecule has 0 spiro atoms.